The lowest BCUT2D eigenvalue weighted by Crippen LogP contribution is -2.70. The third kappa shape index (κ3) is 5.64. The van der Waals surface area contributed by atoms with Crippen molar-refractivity contribution in [1.29, 1.82) is 0 Å². The number of carbonyl (C=O) groups is 1. The monoisotopic (exact) mass is 661 g/mol. The Morgan fingerprint density at radius 1 is 0.979 bits per heavy atom. The number of benzene rings is 3. The molecule has 0 bridgehead atoms. The SMILES string of the molecule is NC(N)=NC[C@]1(O)[C@H](O)[C@@H](C(=O)O)O[C@H](Oc2cc3oc(-c4ccc(O)cc4C4=Cc5ccccc5CC4)cc(=O)c3c(O)c2O)[C@@H]1O. The van der Waals surface area contributed by atoms with E-state index in [-0.39, 0.29) is 17.1 Å². The van der Waals surface area contributed by atoms with E-state index >= 15 is 0 Å². The molecule has 1 fully saturated rings. The zero-order valence-electron chi connectivity index (χ0n) is 25.0. The lowest BCUT2D eigenvalue weighted by molar-refractivity contribution is -0.303. The molecule has 3 aromatic carbocycles. The van der Waals surface area contributed by atoms with Gasteiger partial charge in [-0.25, -0.2) is 4.79 Å². The lowest BCUT2D eigenvalue weighted by Gasteiger charge is -2.45. The Bertz CT molecular complexity index is 2050. The van der Waals surface area contributed by atoms with Gasteiger partial charge in [0.25, 0.3) is 0 Å². The van der Waals surface area contributed by atoms with E-state index in [0.717, 1.165) is 35.3 Å². The maximum Gasteiger partial charge on any atom is 0.335 e. The van der Waals surface area contributed by atoms with Crippen LogP contribution in [0.4, 0.5) is 0 Å². The molecule has 6 rings (SSSR count). The van der Waals surface area contributed by atoms with Crippen molar-refractivity contribution in [2.75, 3.05) is 6.54 Å². The van der Waals surface area contributed by atoms with E-state index in [1.54, 1.807) is 12.1 Å². The highest BCUT2D eigenvalue weighted by molar-refractivity contribution is 5.93. The zero-order valence-corrected chi connectivity index (χ0v) is 25.0. The van der Waals surface area contributed by atoms with E-state index in [4.69, 9.17) is 25.4 Å². The Kier molecular flexibility index (Phi) is 8.22. The summed E-state index contributed by atoms with van der Waals surface area (Å²) in [4.78, 5) is 28.7. The number of ether oxygens (including phenoxy) is 2. The number of fused-ring (bicyclic) bond motifs is 2. The minimum atomic E-state index is -2.71. The third-order valence-electron chi connectivity index (χ3n) is 8.45. The maximum atomic E-state index is 13.3. The molecule has 11 N–H and O–H groups in total. The first-order valence-electron chi connectivity index (χ1n) is 14.6. The predicted octanol–water partition coefficient (Wildman–Crippen LogP) is 0.978. The highest BCUT2D eigenvalue weighted by atomic mass is 16.7. The summed E-state index contributed by atoms with van der Waals surface area (Å²) in [5.41, 5.74) is 10.9. The number of aliphatic hydroxyl groups excluding tert-OH is 2. The quantitative estimate of drug-likeness (QED) is 0.0759. The smallest absolute Gasteiger partial charge is 0.335 e. The Hall–Kier alpha value is -5.61. The first kappa shape index (κ1) is 32.3. The fraction of sp³-hybridized carbons (Fsp3) is 0.242. The number of aryl methyl sites for hydroxylation is 1. The summed E-state index contributed by atoms with van der Waals surface area (Å²) in [5.74, 6) is -4.88. The second-order valence-electron chi connectivity index (χ2n) is 11.5. The maximum absolute atomic E-state index is 13.3. The van der Waals surface area contributed by atoms with Gasteiger partial charge in [-0.1, -0.05) is 30.3 Å². The molecule has 2 heterocycles. The number of guanidine groups is 1. The number of allylic oxidation sites excluding steroid dienone is 1. The zero-order chi connectivity index (χ0) is 34.5. The average Bonchev–Trinajstić information content (AvgIpc) is 3.05. The molecule has 1 saturated heterocycles. The minimum absolute atomic E-state index is 0.0227. The van der Waals surface area contributed by atoms with Crippen LogP contribution in [-0.4, -0.2) is 84.4 Å². The van der Waals surface area contributed by atoms with E-state index in [2.05, 4.69) is 4.99 Å². The van der Waals surface area contributed by atoms with Crippen LogP contribution in [-0.2, 0) is 16.0 Å². The van der Waals surface area contributed by atoms with Gasteiger partial charge in [-0.05, 0) is 53.3 Å². The number of carboxylic acid groups (broad SMARTS) is 1. The molecule has 0 saturated carbocycles. The van der Waals surface area contributed by atoms with Crippen LogP contribution in [0.2, 0.25) is 0 Å². The van der Waals surface area contributed by atoms with Gasteiger partial charge in [-0.2, -0.15) is 0 Å². The number of hydrogen-bond acceptors (Lipinski definition) is 12. The number of phenols is 3. The van der Waals surface area contributed by atoms with Gasteiger partial charge in [-0.3, -0.25) is 9.79 Å². The largest absolute Gasteiger partial charge is 0.508 e. The summed E-state index contributed by atoms with van der Waals surface area (Å²) in [6.45, 7) is -0.866. The first-order valence-corrected chi connectivity index (χ1v) is 14.6. The van der Waals surface area contributed by atoms with Crippen molar-refractivity contribution >= 4 is 34.5 Å². The van der Waals surface area contributed by atoms with E-state index < -0.39 is 76.7 Å². The molecule has 48 heavy (non-hydrogen) atoms. The number of aromatic hydroxyl groups is 3. The van der Waals surface area contributed by atoms with E-state index in [1.165, 1.54) is 6.07 Å². The molecule has 0 radical (unpaired) electrons. The molecule has 1 aromatic heterocycles. The molecule has 0 amide bonds. The summed E-state index contributed by atoms with van der Waals surface area (Å²) >= 11 is 0. The molecule has 5 atom stereocenters. The molecule has 4 aromatic rings. The summed E-state index contributed by atoms with van der Waals surface area (Å²) in [6.07, 6.45) is -5.35. The summed E-state index contributed by atoms with van der Waals surface area (Å²) in [6, 6.07) is 14.5. The van der Waals surface area contributed by atoms with Crippen LogP contribution in [0, 0.1) is 0 Å². The number of aliphatic hydroxyl groups is 3. The molecule has 15 heteroatoms. The van der Waals surface area contributed by atoms with Gasteiger partial charge >= 0.3 is 5.97 Å². The second kappa shape index (κ2) is 12.2. The predicted molar refractivity (Wildman–Crippen MR) is 170 cm³/mol. The third-order valence-corrected chi connectivity index (χ3v) is 8.45. The van der Waals surface area contributed by atoms with Crippen molar-refractivity contribution in [2.24, 2.45) is 16.5 Å². The number of hydrogen-bond donors (Lipinski definition) is 9. The second-order valence-corrected chi connectivity index (χ2v) is 11.5. The first-order chi connectivity index (χ1) is 22.8. The van der Waals surface area contributed by atoms with Gasteiger partial charge in [0.1, 0.15) is 40.3 Å². The van der Waals surface area contributed by atoms with Crippen molar-refractivity contribution in [3.05, 3.63) is 81.5 Å². The van der Waals surface area contributed by atoms with Gasteiger partial charge < -0.3 is 61.1 Å². The van der Waals surface area contributed by atoms with E-state index in [1.807, 2.05) is 30.3 Å². The standard InChI is InChI=1S/C33H31N3O12/c34-32(35)36-13-33(45)28(41)27(30(43)44)48-31(29(33)42)47-23-12-22-24(26(40)25(23)39)20(38)11-21(46-22)18-8-7-17(37)10-19(18)16-6-5-14-3-1-2-4-15(14)9-16/h1-4,7-12,27-29,31,37,39-42,45H,5-6,13H2,(H,43,44)(H4,34,35,36)/t27-,28+,29-,31-,33-/m0/s1. The van der Waals surface area contributed by atoms with Gasteiger partial charge in [0.15, 0.2) is 29.0 Å². The van der Waals surface area contributed by atoms with E-state index in [9.17, 15) is 45.3 Å². The molecular formula is C33H31N3O12. The van der Waals surface area contributed by atoms with Crippen molar-refractivity contribution in [3.63, 3.8) is 0 Å². The number of phenolic OH excluding ortho intramolecular Hbond substituents is 3. The fourth-order valence-electron chi connectivity index (χ4n) is 5.93. The van der Waals surface area contributed by atoms with Crippen LogP contribution in [0.25, 0.3) is 33.9 Å². The van der Waals surface area contributed by atoms with Gasteiger partial charge in [0, 0.05) is 17.7 Å². The molecule has 2 aliphatic rings. The lowest BCUT2D eigenvalue weighted by atomic mass is 9.84. The van der Waals surface area contributed by atoms with Gasteiger partial charge in [0.2, 0.25) is 12.0 Å². The normalized spacial score (nSPS) is 23.6. The van der Waals surface area contributed by atoms with Crippen molar-refractivity contribution in [1.82, 2.24) is 0 Å². The number of carboxylic acids is 1. The Morgan fingerprint density at radius 3 is 2.46 bits per heavy atom. The van der Waals surface area contributed by atoms with Crippen molar-refractivity contribution in [3.8, 4) is 34.3 Å². The summed E-state index contributed by atoms with van der Waals surface area (Å²) < 4.78 is 16.8. The molecule has 0 unspecified atom stereocenters. The highest BCUT2D eigenvalue weighted by Crippen LogP contribution is 2.44. The van der Waals surface area contributed by atoms with Crippen LogP contribution >= 0.6 is 0 Å². The van der Waals surface area contributed by atoms with Gasteiger partial charge in [0.05, 0.1) is 6.54 Å². The van der Waals surface area contributed by atoms with Crippen LogP contribution in [0.3, 0.4) is 0 Å². The number of aliphatic carboxylic acids is 1. The number of rotatable bonds is 7. The molecule has 1 aliphatic heterocycles. The Morgan fingerprint density at radius 2 is 1.73 bits per heavy atom. The number of nitrogens with two attached hydrogens (primary N) is 2. The Balaban J connectivity index is 1.43. The fourth-order valence-corrected chi connectivity index (χ4v) is 5.93. The topological polar surface area (TPSA) is 272 Å². The van der Waals surface area contributed by atoms with Crippen molar-refractivity contribution < 1.29 is 54.4 Å². The average molecular weight is 662 g/mol. The van der Waals surface area contributed by atoms with E-state index in [0.29, 0.717) is 17.5 Å². The molecule has 1 aliphatic carbocycles. The van der Waals surface area contributed by atoms with Gasteiger partial charge in [-0.15, -0.1) is 0 Å². The minimum Gasteiger partial charge on any atom is -0.508 e. The van der Waals surface area contributed by atoms with Crippen LogP contribution in [0.15, 0.2) is 68.8 Å². The highest BCUT2D eigenvalue weighted by Gasteiger charge is 2.58. The molecule has 250 valence electrons. The number of nitrogens with zero attached hydrogens (tertiary/aromatic N) is 1. The molecule has 0 spiro atoms. The molecular weight excluding hydrogens is 630 g/mol. The van der Waals surface area contributed by atoms with Crippen LogP contribution in [0.1, 0.15) is 23.1 Å². The van der Waals surface area contributed by atoms with Crippen LogP contribution < -0.4 is 21.6 Å². The summed E-state index contributed by atoms with van der Waals surface area (Å²) in [7, 11) is 0. The van der Waals surface area contributed by atoms with Crippen molar-refractivity contribution in [2.45, 2.75) is 43.0 Å². The van der Waals surface area contributed by atoms with Crippen LogP contribution in [0.5, 0.6) is 23.0 Å². The Labute approximate surface area is 270 Å². The number of aliphatic imine (C=N–C) groups is 1. The molecule has 15 nitrogen and oxygen atoms in total. The summed E-state index contributed by atoms with van der Waals surface area (Å²) in [5, 5.41) is 73.7.